The van der Waals surface area contributed by atoms with Gasteiger partial charge >= 0.3 is 0 Å². The van der Waals surface area contributed by atoms with Crippen LogP contribution in [0.5, 0.6) is 0 Å². The van der Waals surface area contributed by atoms with Crippen LogP contribution in [0.3, 0.4) is 0 Å². The molecule has 2 aliphatic rings. The number of hydrogen-bond acceptors (Lipinski definition) is 3. The Balaban J connectivity index is 1.93. The average Bonchev–Trinajstić information content (AvgIpc) is 2.82. The third-order valence-electron chi connectivity index (χ3n) is 5.10. The van der Waals surface area contributed by atoms with Gasteiger partial charge in [0.1, 0.15) is 0 Å². The molecule has 1 aromatic carbocycles. The lowest BCUT2D eigenvalue weighted by Crippen LogP contribution is -2.49. The van der Waals surface area contributed by atoms with E-state index >= 15 is 0 Å². The van der Waals surface area contributed by atoms with Crippen LogP contribution in [-0.2, 0) is 24.9 Å². The Hall–Kier alpha value is -1.43. The van der Waals surface area contributed by atoms with Crippen molar-refractivity contribution in [2.24, 2.45) is 0 Å². The first-order valence-electron chi connectivity index (χ1n) is 7.35. The van der Waals surface area contributed by atoms with E-state index in [1.807, 2.05) is 12.1 Å². The van der Waals surface area contributed by atoms with E-state index in [1.54, 1.807) is 0 Å². The maximum atomic E-state index is 12.2. The van der Waals surface area contributed by atoms with Crippen LogP contribution in [0.2, 0.25) is 5.02 Å². The summed E-state index contributed by atoms with van der Waals surface area (Å²) >= 11 is 11.7. The van der Waals surface area contributed by atoms with Crippen molar-refractivity contribution in [2.45, 2.75) is 31.3 Å². The second kappa shape index (κ2) is 4.78. The van der Waals surface area contributed by atoms with Crippen molar-refractivity contribution < 1.29 is 0 Å². The first-order chi connectivity index (χ1) is 10.5. The summed E-state index contributed by atoms with van der Waals surface area (Å²) in [6.07, 6.45) is 2.76. The van der Waals surface area contributed by atoms with Gasteiger partial charge in [-0.05, 0) is 49.3 Å². The Morgan fingerprint density at radius 3 is 3.00 bits per heavy atom. The minimum atomic E-state index is -0.146. The molecule has 4 nitrogen and oxygen atoms in total. The van der Waals surface area contributed by atoms with Crippen molar-refractivity contribution in [3.8, 4) is 0 Å². The summed E-state index contributed by atoms with van der Waals surface area (Å²) in [6.45, 7) is 0.599. The molecule has 1 aromatic heterocycles. The number of rotatable bonds is 0. The fraction of sp³-hybridized carbons (Fsp3) is 0.375. The smallest absolute Gasteiger partial charge is 0.256 e. The van der Waals surface area contributed by atoms with Gasteiger partial charge < -0.3 is 4.98 Å². The maximum Gasteiger partial charge on any atom is 0.256 e. The van der Waals surface area contributed by atoms with Crippen LogP contribution in [0.15, 0.2) is 23.0 Å². The van der Waals surface area contributed by atoms with Crippen molar-refractivity contribution in [2.75, 3.05) is 7.05 Å². The maximum absolute atomic E-state index is 12.2. The molecule has 0 fully saturated rings. The van der Waals surface area contributed by atoms with Crippen molar-refractivity contribution >= 4 is 23.8 Å². The van der Waals surface area contributed by atoms with Gasteiger partial charge in [-0.15, -0.1) is 0 Å². The molecular weight excluding hydrogens is 318 g/mol. The predicted octanol–water partition coefficient (Wildman–Crippen LogP) is 2.92. The third kappa shape index (κ3) is 1.86. The van der Waals surface area contributed by atoms with E-state index in [0.717, 1.165) is 35.5 Å². The van der Waals surface area contributed by atoms with Crippen LogP contribution >= 0.6 is 23.8 Å². The minimum absolute atomic E-state index is 0.0853. The van der Waals surface area contributed by atoms with Crippen LogP contribution in [0.25, 0.3) is 0 Å². The monoisotopic (exact) mass is 333 g/mol. The summed E-state index contributed by atoms with van der Waals surface area (Å²) in [4.78, 5) is 20.3. The van der Waals surface area contributed by atoms with Crippen molar-refractivity contribution in [1.82, 2.24) is 14.9 Å². The Morgan fingerprint density at radius 2 is 2.18 bits per heavy atom. The number of H-pyrrole nitrogens is 2. The molecule has 1 unspecified atom stereocenters. The molecule has 114 valence electrons. The van der Waals surface area contributed by atoms with E-state index in [4.69, 9.17) is 23.8 Å². The van der Waals surface area contributed by atoms with E-state index in [1.165, 1.54) is 11.1 Å². The minimum Gasteiger partial charge on any atom is -0.335 e. The fourth-order valence-electron chi connectivity index (χ4n) is 4.02. The van der Waals surface area contributed by atoms with Gasteiger partial charge in [0.15, 0.2) is 4.77 Å². The summed E-state index contributed by atoms with van der Waals surface area (Å²) in [5.74, 6) is 0. The van der Waals surface area contributed by atoms with Crippen molar-refractivity contribution in [1.29, 1.82) is 0 Å². The Kier molecular flexibility index (Phi) is 3.08. The zero-order chi connectivity index (χ0) is 15.5. The molecule has 4 rings (SSSR count). The summed E-state index contributed by atoms with van der Waals surface area (Å²) in [5, 5.41) is 0.814. The third-order valence-corrected chi connectivity index (χ3v) is 5.62. The highest BCUT2D eigenvalue weighted by atomic mass is 35.5. The number of nitrogens with zero attached hydrogens (tertiary/aromatic N) is 1. The quantitative estimate of drug-likeness (QED) is 0.729. The molecule has 0 saturated heterocycles. The SMILES string of the molecule is CN1Cc2c([nH]c(=S)[nH]c2=O)CC12CCc1cccc(Cl)c12. The highest BCUT2D eigenvalue weighted by molar-refractivity contribution is 7.71. The number of aromatic amines is 2. The summed E-state index contributed by atoms with van der Waals surface area (Å²) in [5.41, 5.74) is 4.02. The largest absolute Gasteiger partial charge is 0.335 e. The Bertz CT molecular complexity index is 888. The van der Waals surface area contributed by atoms with Crippen LogP contribution in [-0.4, -0.2) is 21.9 Å². The molecule has 0 saturated carbocycles. The molecule has 0 bridgehead atoms. The zero-order valence-electron chi connectivity index (χ0n) is 12.2. The molecule has 1 atom stereocenters. The summed E-state index contributed by atoms with van der Waals surface area (Å²) in [6, 6.07) is 6.12. The number of benzene rings is 1. The van der Waals surface area contributed by atoms with E-state index in [9.17, 15) is 4.79 Å². The van der Waals surface area contributed by atoms with E-state index < -0.39 is 0 Å². The lowest BCUT2D eigenvalue weighted by atomic mass is 9.81. The highest BCUT2D eigenvalue weighted by Crippen LogP contribution is 2.48. The fourth-order valence-corrected chi connectivity index (χ4v) is 4.60. The molecule has 6 heteroatoms. The molecule has 2 heterocycles. The first-order valence-corrected chi connectivity index (χ1v) is 8.13. The Morgan fingerprint density at radius 1 is 1.36 bits per heavy atom. The molecule has 1 spiro atoms. The zero-order valence-corrected chi connectivity index (χ0v) is 13.8. The van der Waals surface area contributed by atoms with E-state index in [0.29, 0.717) is 11.3 Å². The molecule has 22 heavy (non-hydrogen) atoms. The molecule has 2 N–H and O–H groups in total. The topological polar surface area (TPSA) is 51.9 Å². The standard InChI is InChI=1S/C16H16ClN3OS/c1-20-8-10-12(18-15(22)19-14(10)21)7-16(20)6-5-9-3-2-4-11(17)13(9)16/h2-4H,5-8H2,1H3,(H2,18,19,21,22). The van der Waals surface area contributed by atoms with Crippen LogP contribution in [0.4, 0.5) is 0 Å². The lowest BCUT2D eigenvalue weighted by Gasteiger charge is -2.44. The number of aryl methyl sites for hydroxylation is 1. The molecule has 1 aliphatic heterocycles. The van der Waals surface area contributed by atoms with Gasteiger partial charge in [0.25, 0.3) is 5.56 Å². The van der Waals surface area contributed by atoms with E-state index in [2.05, 4.69) is 28.0 Å². The first kappa shape index (κ1) is 14.2. The van der Waals surface area contributed by atoms with Crippen molar-refractivity contribution in [3.63, 3.8) is 0 Å². The van der Waals surface area contributed by atoms with Crippen LogP contribution in [0.1, 0.15) is 28.8 Å². The number of fused-ring (bicyclic) bond motifs is 3. The average molecular weight is 334 g/mol. The normalized spacial score (nSPS) is 23.5. The summed E-state index contributed by atoms with van der Waals surface area (Å²) < 4.78 is 0.390. The number of aromatic nitrogens is 2. The number of nitrogens with one attached hydrogen (secondary N) is 2. The van der Waals surface area contributed by atoms with Crippen LogP contribution < -0.4 is 5.56 Å². The number of halogens is 1. The van der Waals surface area contributed by atoms with Gasteiger partial charge in [-0.2, -0.15) is 0 Å². The van der Waals surface area contributed by atoms with Gasteiger partial charge in [0.2, 0.25) is 0 Å². The molecule has 2 aromatic rings. The predicted molar refractivity (Wildman–Crippen MR) is 88.9 cm³/mol. The van der Waals surface area contributed by atoms with Crippen LogP contribution in [0, 0.1) is 4.77 Å². The van der Waals surface area contributed by atoms with E-state index in [-0.39, 0.29) is 11.1 Å². The Labute approximate surface area is 138 Å². The molecular formula is C16H16ClN3OS. The number of likely N-dealkylation sites (N-methyl/N-ethyl adjacent to an activating group) is 1. The van der Waals surface area contributed by atoms with Gasteiger partial charge in [0, 0.05) is 23.7 Å². The number of hydrogen-bond donors (Lipinski definition) is 2. The molecule has 1 aliphatic carbocycles. The van der Waals surface area contributed by atoms with Crippen molar-refractivity contribution in [3.05, 3.63) is 60.7 Å². The van der Waals surface area contributed by atoms with Gasteiger partial charge in [-0.25, -0.2) is 0 Å². The lowest BCUT2D eigenvalue weighted by molar-refractivity contribution is 0.0923. The highest BCUT2D eigenvalue weighted by Gasteiger charge is 2.46. The summed E-state index contributed by atoms with van der Waals surface area (Å²) in [7, 11) is 2.07. The second-order valence-electron chi connectivity index (χ2n) is 6.20. The van der Waals surface area contributed by atoms with Gasteiger partial charge in [-0.3, -0.25) is 14.7 Å². The molecule has 0 radical (unpaired) electrons. The van der Waals surface area contributed by atoms with Gasteiger partial charge in [0.05, 0.1) is 11.1 Å². The molecule has 0 amide bonds. The van der Waals surface area contributed by atoms with Gasteiger partial charge in [-0.1, -0.05) is 23.7 Å². The second-order valence-corrected chi connectivity index (χ2v) is 7.02.